The van der Waals surface area contributed by atoms with Gasteiger partial charge in [0.1, 0.15) is 23.2 Å². The summed E-state index contributed by atoms with van der Waals surface area (Å²) in [5.74, 6) is 0.490. The minimum atomic E-state index is -0.359. The number of aromatic nitrogens is 2. The largest absolute Gasteiger partial charge is 0.350 e. The van der Waals surface area contributed by atoms with Crippen molar-refractivity contribution >= 4 is 17.4 Å². The molecule has 1 heterocycles. The molecule has 0 unspecified atom stereocenters. The van der Waals surface area contributed by atoms with Crippen molar-refractivity contribution < 1.29 is 9.18 Å². The monoisotopic (exact) mass is 378 g/mol. The van der Waals surface area contributed by atoms with Gasteiger partial charge in [0, 0.05) is 24.3 Å². The highest BCUT2D eigenvalue weighted by Gasteiger charge is 2.17. The number of rotatable bonds is 6. The molecule has 0 aliphatic rings. The smallest absolute Gasteiger partial charge is 0.274 e. The predicted octanol–water partition coefficient (Wildman–Crippen LogP) is 4.59. The van der Waals surface area contributed by atoms with Crippen LogP contribution in [0.15, 0.2) is 60.7 Å². The maximum Gasteiger partial charge on any atom is 0.274 e. The van der Waals surface area contributed by atoms with E-state index in [4.69, 9.17) is 0 Å². The second kappa shape index (κ2) is 8.61. The Balaban J connectivity index is 1.86. The Hall–Kier alpha value is -3.28. The van der Waals surface area contributed by atoms with Crippen molar-refractivity contribution in [2.24, 2.45) is 0 Å². The summed E-state index contributed by atoms with van der Waals surface area (Å²) in [6.45, 7) is 6.60. The lowest BCUT2D eigenvalue weighted by Crippen LogP contribution is -2.31. The second-order valence-corrected chi connectivity index (χ2v) is 6.83. The molecule has 1 amide bonds. The minimum Gasteiger partial charge on any atom is -0.350 e. The molecule has 1 aromatic heterocycles. The highest BCUT2D eigenvalue weighted by molar-refractivity contribution is 6.03. The zero-order valence-corrected chi connectivity index (χ0v) is 16.2. The van der Waals surface area contributed by atoms with E-state index in [9.17, 15) is 9.18 Å². The fourth-order valence-corrected chi connectivity index (χ4v) is 2.85. The first-order valence-electron chi connectivity index (χ1n) is 9.15. The zero-order valence-electron chi connectivity index (χ0n) is 16.2. The summed E-state index contributed by atoms with van der Waals surface area (Å²) in [4.78, 5) is 23.6. The van der Waals surface area contributed by atoms with E-state index in [1.807, 2.05) is 18.2 Å². The van der Waals surface area contributed by atoms with Gasteiger partial charge < -0.3 is 10.2 Å². The van der Waals surface area contributed by atoms with Crippen molar-refractivity contribution in [1.29, 1.82) is 0 Å². The van der Waals surface area contributed by atoms with Gasteiger partial charge in [-0.25, -0.2) is 14.4 Å². The van der Waals surface area contributed by atoms with E-state index in [0.717, 1.165) is 5.56 Å². The van der Waals surface area contributed by atoms with E-state index in [0.29, 0.717) is 23.9 Å². The van der Waals surface area contributed by atoms with Gasteiger partial charge in [-0.1, -0.05) is 30.3 Å². The van der Waals surface area contributed by atoms with Crippen molar-refractivity contribution in [3.8, 4) is 0 Å². The molecule has 144 valence electrons. The number of hydrogen-bond acceptors (Lipinski definition) is 4. The van der Waals surface area contributed by atoms with E-state index in [1.54, 1.807) is 13.0 Å². The van der Waals surface area contributed by atoms with E-state index in [1.165, 1.54) is 24.3 Å². The molecule has 3 aromatic rings. The summed E-state index contributed by atoms with van der Waals surface area (Å²) in [5, 5.41) is 2.74. The quantitative estimate of drug-likeness (QED) is 0.681. The molecule has 2 aromatic carbocycles. The van der Waals surface area contributed by atoms with Crippen LogP contribution in [0.5, 0.6) is 0 Å². The number of carbonyl (C=O) groups excluding carboxylic acids is 1. The first kappa shape index (κ1) is 19.5. The lowest BCUT2D eigenvalue weighted by atomic mass is 10.2. The van der Waals surface area contributed by atoms with Gasteiger partial charge in [0.2, 0.25) is 0 Å². The van der Waals surface area contributed by atoms with Gasteiger partial charge in [-0.2, -0.15) is 0 Å². The van der Waals surface area contributed by atoms with E-state index in [-0.39, 0.29) is 23.5 Å². The van der Waals surface area contributed by atoms with Crippen LogP contribution in [0.3, 0.4) is 0 Å². The Morgan fingerprint density at radius 3 is 2.39 bits per heavy atom. The Kier molecular flexibility index (Phi) is 5.99. The summed E-state index contributed by atoms with van der Waals surface area (Å²) in [7, 11) is 0. The Morgan fingerprint density at radius 1 is 1.07 bits per heavy atom. The molecule has 0 saturated carbocycles. The van der Waals surface area contributed by atoms with E-state index >= 15 is 0 Å². The topological polar surface area (TPSA) is 58.1 Å². The van der Waals surface area contributed by atoms with Gasteiger partial charge in [0.05, 0.1) is 0 Å². The Labute approximate surface area is 164 Å². The molecule has 0 aliphatic heterocycles. The molecule has 0 atom stereocenters. The van der Waals surface area contributed by atoms with Crippen LogP contribution in [0.25, 0.3) is 0 Å². The van der Waals surface area contributed by atoms with Crippen LogP contribution >= 0.6 is 0 Å². The van der Waals surface area contributed by atoms with Crippen molar-refractivity contribution in [3.05, 3.63) is 83.6 Å². The first-order valence-corrected chi connectivity index (χ1v) is 9.15. The molecule has 6 heteroatoms. The molecule has 3 rings (SSSR count). The number of nitrogens with one attached hydrogen (secondary N) is 1. The van der Waals surface area contributed by atoms with Crippen LogP contribution in [-0.4, -0.2) is 21.9 Å². The minimum absolute atomic E-state index is 0.183. The first-order chi connectivity index (χ1) is 13.4. The summed E-state index contributed by atoms with van der Waals surface area (Å²) in [6, 6.07) is 17.6. The number of carbonyl (C=O) groups is 1. The molecule has 0 radical (unpaired) electrons. The van der Waals surface area contributed by atoms with Gasteiger partial charge in [-0.3, -0.25) is 4.79 Å². The van der Waals surface area contributed by atoms with Crippen LogP contribution in [0.1, 0.15) is 35.7 Å². The molecule has 5 nitrogen and oxygen atoms in total. The maximum atomic E-state index is 13.1. The van der Waals surface area contributed by atoms with Crippen molar-refractivity contribution in [1.82, 2.24) is 9.97 Å². The average Bonchev–Trinajstić information content (AvgIpc) is 2.68. The standard InChI is InChI=1S/C22H23FN4O/c1-15(2)27(14-17-7-5-4-6-8-17)21-13-20(24-16(3)25-21)22(28)26-19-11-9-18(23)10-12-19/h4-13,15H,14H2,1-3H3,(H,26,28). The molecule has 0 saturated heterocycles. The fraction of sp³-hybridized carbons (Fsp3) is 0.227. The molecule has 0 aliphatic carbocycles. The van der Waals surface area contributed by atoms with Gasteiger partial charge in [-0.05, 0) is 50.6 Å². The Morgan fingerprint density at radius 2 is 1.75 bits per heavy atom. The van der Waals surface area contributed by atoms with Crippen molar-refractivity contribution in [3.63, 3.8) is 0 Å². The second-order valence-electron chi connectivity index (χ2n) is 6.83. The van der Waals surface area contributed by atoms with Crippen LogP contribution in [0, 0.1) is 12.7 Å². The molecule has 28 heavy (non-hydrogen) atoms. The van der Waals surface area contributed by atoms with Crippen LogP contribution in [0.2, 0.25) is 0 Å². The molecule has 0 fully saturated rings. The SMILES string of the molecule is Cc1nc(C(=O)Nc2ccc(F)cc2)cc(N(Cc2ccccc2)C(C)C)n1. The summed E-state index contributed by atoms with van der Waals surface area (Å²) in [6.07, 6.45) is 0. The van der Waals surface area contributed by atoms with Crippen LogP contribution in [0.4, 0.5) is 15.9 Å². The number of halogens is 1. The van der Waals surface area contributed by atoms with E-state index in [2.05, 4.69) is 46.2 Å². The fourth-order valence-electron chi connectivity index (χ4n) is 2.85. The van der Waals surface area contributed by atoms with Crippen molar-refractivity contribution in [2.45, 2.75) is 33.4 Å². The number of hydrogen-bond donors (Lipinski definition) is 1. The average molecular weight is 378 g/mol. The molecule has 0 spiro atoms. The van der Waals surface area contributed by atoms with Gasteiger partial charge in [0.15, 0.2) is 0 Å². The number of nitrogens with zero attached hydrogens (tertiary/aromatic N) is 3. The van der Waals surface area contributed by atoms with Crippen LogP contribution < -0.4 is 10.2 Å². The number of amides is 1. The summed E-state index contributed by atoms with van der Waals surface area (Å²) < 4.78 is 13.1. The third-order valence-corrected chi connectivity index (χ3v) is 4.27. The van der Waals surface area contributed by atoms with E-state index < -0.39 is 0 Å². The molecular formula is C22H23FN4O. The third-order valence-electron chi connectivity index (χ3n) is 4.27. The normalized spacial score (nSPS) is 10.8. The number of anilines is 2. The molecule has 1 N–H and O–H groups in total. The molecular weight excluding hydrogens is 355 g/mol. The third kappa shape index (κ3) is 4.91. The highest BCUT2D eigenvalue weighted by Crippen LogP contribution is 2.20. The summed E-state index contributed by atoms with van der Waals surface area (Å²) in [5.41, 5.74) is 1.93. The Bertz CT molecular complexity index is 943. The number of aryl methyl sites for hydroxylation is 1. The van der Waals surface area contributed by atoms with Crippen LogP contribution in [-0.2, 0) is 6.54 Å². The number of benzene rings is 2. The molecule has 0 bridgehead atoms. The summed E-state index contributed by atoms with van der Waals surface area (Å²) >= 11 is 0. The predicted molar refractivity (Wildman–Crippen MR) is 109 cm³/mol. The maximum absolute atomic E-state index is 13.1. The lowest BCUT2D eigenvalue weighted by Gasteiger charge is -2.28. The highest BCUT2D eigenvalue weighted by atomic mass is 19.1. The zero-order chi connectivity index (χ0) is 20.1. The van der Waals surface area contributed by atoms with Gasteiger partial charge in [-0.15, -0.1) is 0 Å². The van der Waals surface area contributed by atoms with Gasteiger partial charge in [0.25, 0.3) is 5.91 Å². The lowest BCUT2D eigenvalue weighted by molar-refractivity contribution is 0.102. The van der Waals surface area contributed by atoms with Crippen molar-refractivity contribution in [2.75, 3.05) is 10.2 Å². The van der Waals surface area contributed by atoms with Gasteiger partial charge >= 0.3 is 0 Å².